The van der Waals surface area contributed by atoms with Gasteiger partial charge in [-0.05, 0) is 32.0 Å². The first-order chi connectivity index (χ1) is 19.1. The molecule has 0 radical (unpaired) electrons. The standard InChI is InChI=1S/C26H26ClF3N6O2S2/c1-14-9-35(10-15(2)33-14)24-19-5-16(26(28,29)30)6-20-23(19)36(25(37)34-24)11-18(38-21-8-31-3-4-32-21)13-40(20)22-7-17(27)12-39-22/h3-8,12,14-15,18,33,40H,9-11,13H2,1-2H3/t14-,15+,18?. The van der Waals surface area contributed by atoms with E-state index in [2.05, 4.69) is 20.3 Å². The van der Waals surface area contributed by atoms with E-state index in [-0.39, 0.29) is 30.3 Å². The van der Waals surface area contributed by atoms with Crippen molar-refractivity contribution < 1.29 is 17.9 Å². The average molecular weight is 611 g/mol. The van der Waals surface area contributed by atoms with E-state index in [9.17, 15) is 18.0 Å². The summed E-state index contributed by atoms with van der Waals surface area (Å²) in [4.78, 5) is 28.7. The van der Waals surface area contributed by atoms with Crippen LogP contribution in [0.1, 0.15) is 19.4 Å². The molecule has 4 atom stereocenters. The third-order valence-electron chi connectivity index (χ3n) is 6.93. The molecule has 0 aliphatic carbocycles. The largest absolute Gasteiger partial charge is 0.471 e. The third-order valence-corrected chi connectivity index (χ3v) is 11.3. The number of hydrogen-bond acceptors (Lipinski definition) is 8. The lowest BCUT2D eigenvalue weighted by atomic mass is 10.1. The number of ether oxygens (including phenoxy) is 1. The molecule has 8 nitrogen and oxygen atoms in total. The molecule has 0 amide bonds. The van der Waals surface area contributed by atoms with Crippen molar-refractivity contribution in [1.29, 1.82) is 0 Å². The second-order valence-electron chi connectivity index (χ2n) is 10.1. The number of thiophene rings is 1. The maximum absolute atomic E-state index is 14.4. The molecule has 212 valence electrons. The maximum atomic E-state index is 14.4. The topological polar surface area (TPSA) is 85.2 Å². The molecule has 2 aliphatic heterocycles. The van der Waals surface area contributed by atoms with Gasteiger partial charge in [-0.15, -0.1) is 11.3 Å². The molecule has 1 N–H and O–H groups in total. The lowest BCUT2D eigenvalue weighted by Crippen LogP contribution is -2.55. The highest BCUT2D eigenvalue weighted by Crippen LogP contribution is 2.54. The van der Waals surface area contributed by atoms with Crippen molar-refractivity contribution in [2.24, 2.45) is 0 Å². The van der Waals surface area contributed by atoms with E-state index in [1.165, 1.54) is 40.6 Å². The van der Waals surface area contributed by atoms with Gasteiger partial charge >= 0.3 is 11.9 Å². The van der Waals surface area contributed by atoms with Crippen LogP contribution in [0.15, 0.2) is 56.1 Å². The Balaban J connectivity index is 1.61. The highest BCUT2D eigenvalue weighted by Gasteiger charge is 2.37. The van der Waals surface area contributed by atoms with Crippen molar-refractivity contribution in [3.05, 3.63) is 63.2 Å². The van der Waals surface area contributed by atoms with E-state index in [1.54, 1.807) is 11.4 Å². The summed E-state index contributed by atoms with van der Waals surface area (Å²) in [5, 5.41) is 6.01. The van der Waals surface area contributed by atoms with Crippen molar-refractivity contribution in [2.45, 2.75) is 53.9 Å². The van der Waals surface area contributed by atoms with Gasteiger partial charge in [0.2, 0.25) is 5.88 Å². The Kier molecular flexibility index (Phi) is 7.18. The van der Waals surface area contributed by atoms with Gasteiger partial charge in [-0.1, -0.05) is 11.6 Å². The molecule has 2 unspecified atom stereocenters. The molecule has 5 heterocycles. The van der Waals surface area contributed by atoms with Crippen molar-refractivity contribution in [1.82, 2.24) is 24.8 Å². The summed E-state index contributed by atoms with van der Waals surface area (Å²) >= 11 is 7.68. The second-order valence-corrected chi connectivity index (χ2v) is 13.9. The van der Waals surface area contributed by atoms with Crippen molar-refractivity contribution in [3.63, 3.8) is 0 Å². The first-order valence-corrected chi connectivity index (χ1v) is 15.5. The van der Waals surface area contributed by atoms with Gasteiger partial charge in [0.25, 0.3) is 0 Å². The molecule has 0 saturated carbocycles. The minimum atomic E-state index is -4.59. The Morgan fingerprint density at radius 1 is 1.15 bits per heavy atom. The van der Waals surface area contributed by atoms with Crippen LogP contribution < -0.4 is 20.6 Å². The van der Waals surface area contributed by atoms with Gasteiger partial charge in [0.1, 0.15) is 11.9 Å². The normalized spacial score (nSPS) is 24.2. The van der Waals surface area contributed by atoms with Crippen LogP contribution in [0.2, 0.25) is 5.02 Å². The third kappa shape index (κ3) is 5.27. The molecule has 40 heavy (non-hydrogen) atoms. The van der Waals surface area contributed by atoms with Crippen LogP contribution >= 0.6 is 33.8 Å². The summed E-state index contributed by atoms with van der Waals surface area (Å²) in [6, 6.07) is 4.25. The van der Waals surface area contributed by atoms with Crippen molar-refractivity contribution in [2.75, 3.05) is 23.7 Å². The number of rotatable bonds is 4. The number of benzene rings is 1. The van der Waals surface area contributed by atoms with Gasteiger partial charge in [-0.25, -0.2) is 9.78 Å². The van der Waals surface area contributed by atoms with Gasteiger partial charge in [0.15, 0.2) is 0 Å². The number of halogens is 4. The van der Waals surface area contributed by atoms with E-state index >= 15 is 0 Å². The van der Waals surface area contributed by atoms with Crippen LogP contribution in [0, 0.1) is 0 Å². The van der Waals surface area contributed by atoms with E-state index in [4.69, 9.17) is 16.3 Å². The van der Waals surface area contributed by atoms with Gasteiger partial charge in [0.05, 0.1) is 28.8 Å². The van der Waals surface area contributed by atoms with E-state index in [0.29, 0.717) is 39.7 Å². The monoisotopic (exact) mass is 610 g/mol. The highest BCUT2D eigenvalue weighted by atomic mass is 35.5. The van der Waals surface area contributed by atoms with Crippen LogP contribution in [0.3, 0.4) is 0 Å². The zero-order valence-electron chi connectivity index (χ0n) is 21.5. The van der Waals surface area contributed by atoms with Gasteiger partial charge < -0.3 is 15.0 Å². The van der Waals surface area contributed by atoms with Gasteiger partial charge in [-0.3, -0.25) is 9.55 Å². The number of thiol groups is 1. The molecule has 1 fully saturated rings. The fraction of sp³-hybridized carbons (Fsp3) is 0.385. The second kappa shape index (κ2) is 10.5. The predicted octanol–water partition coefficient (Wildman–Crippen LogP) is 4.99. The molecule has 6 rings (SSSR count). The Hall–Kier alpha value is -2.87. The van der Waals surface area contributed by atoms with Crippen LogP contribution in [0.25, 0.3) is 10.9 Å². The van der Waals surface area contributed by atoms with Gasteiger partial charge in [0, 0.05) is 63.2 Å². The molecule has 14 heteroatoms. The fourth-order valence-electron chi connectivity index (χ4n) is 5.47. The minimum Gasteiger partial charge on any atom is -0.471 e. The summed E-state index contributed by atoms with van der Waals surface area (Å²) in [7, 11) is -1.39. The van der Waals surface area contributed by atoms with Crippen LogP contribution in [0.4, 0.5) is 19.0 Å². The minimum absolute atomic E-state index is 0.0686. The van der Waals surface area contributed by atoms with E-state index in [1.807, 2.05) is 18.7 Å². The predicted molar refractivity (Wildman–Crippen MR) is 151 cm³/mol. The molecular weight excluding hydrogens is 585 g/mol. The smallest absolute Gasteiger partial charge is 0.416 e. The highest BCUT2D eigenvalue weighted by molar-refractivity contribution is 8.18. The molecular formula is C26H26ClF3N6O2S2. The number of nitrogens with zero attached hydrogens (tertiary/aromatic N) is 5. The first-order valence-electron chi connectivity index (χ1n) is 12.7. The average Bonchev–Trinajstić information content (AvgIpc) is 3.25. The van der Waals surface area contributed by atoms with E-state index < -0.39 is 34.4 Å². The Morgan fingerprint density at radius 3 is 2.58 bits per heavy atom. The Bertz CT molecular complexity index is 1610. The lowest BCUT2D eigenvalue weighted by molar-refractivity contribution is -0.137. The molecule has 4 aromatic rings. The summed E-state index contributed by atoms with van der Waals surface area (Å²) < 4.78 is 51.6. The molecule has 1 saturated heterocycles. The zero-order valence-corrected chi connectivity index (χ0v) is 24.0. The summed E-state index contributed by atoms with van der Waals surface area (Å²) in [6.45, 7) is 5.12. The lowest BCUT2D eigenvalue weighted by Gasteiger charge is -2.37. The molecule has 3 aromatic heterocycles. The first kappa shape index (κ1) is 27.3. The fourth-order valence-corrected chi connectivity index (χ4v) is 9.83. The number of aromatic nitrogens is 4. The number of hydrogen-bond donors (Lipinski definition) is 2. The molecule has 1 aromatic carbocycles. The maximum Gasteiger partial charge on any atom is 0.416 e. The number of alkyl halides is 3. The molecule has 0 spiro atoms. The van der Waals surface area contributed by atoms with Gasteiger partial charge in [-0.2, -0.15) is 29.1 Å². The molecule has 2 aliphatic rings. The quantitative estimate of drug-likeness (QED) is 0.315. The van der Waals surface area contributed by atoms with E-state index in [0.717, 1.165) is 10.3 Å². The van der Waals surface area contributed by atoms with Crippen LogP contribution in [-0.4, -0.2) is 56.5 Å². The summed E-state index contributed by atoms with van der Waals surface area (Å²) in [5.41, 5.74) is -0.846. The Labute approximate surface area is 239 Å². The molecule has 0 bridgehead atoms. The number of nitrogens with one attached hydrogen (secondary N) is 1. The van der Waals surface area contributed by atoms with Crippen LogP contribution in [0.5, 0.6) is 5.88 Å². The van der Waals surface area contributed by atoms with Crippen LogP contribution in [-0.2, 0) is 12.7 Å². The zero-order chi connectivity index (χ0) is 28.2. The number of anilines is 1. The summed E-state index contributed by atoms with van der Waals surface area (Å²) in [5.74, 6) is 0.902. The summed E-state index contributed by atoms with van der Waals surface area (Å²) in [6.07, 6.45) is -0.685. The van der Waals surface area contributed by atoms with Crippen molar-refractivity contribution >= 4 is 50.6 Å². The Morgan fingerprint density at radius 2 is 1.93 bits per heavy atom. The number of piperazine rings is 1. The van der Waals surface area contributed by atoms with Crippen molar-refractivity contribution in [3.8, 4) is 5.88 Å². The SMILES string of the molecule is C[C@@H]1CN(c2nc(=O)n3c4c(cc(C(F)(F)F)cc24)[SH](c2cc(Cl)cs2)CC(Oc2cnccn2)C3)C[C@H](C)N1.